The highest BCUT2D eigenvalue weighted by atomic mass is 16.6. The molecule has 330 valence electrons. The molecule has 0 saturated heterocycles. The van der Waals surface area contributed by atoms with Gasteiger partial charge < -0.3 is 66.3 Å². The van der Waals surface area contributed by atoms with E-state index in [2.05, 4.69) is 0 Å². The average Bonchev–Trinajstić information content (AvgIpc) is 3.28. The maximum atomic E-state index is 6.60. The molecule has 0 amide bonds. The third kappa shape index (κ3) is 11.8. The van der Waals surface area contributed by atoms with Crippen LogP contribution in [0.2, 0.25) is 0 Å². The Hall–Kier alpha value is -5.60. The van der Waals surface area contributed by atoms with Crippen LogP contribution in [0.1, 0.15) is 35.1 Å². The first-order valence-corrected chi connectivity index (χ1v) is 19.5. The third-order valence-electron chi connectivity index (χ3n) is 10.3. The summed E-state index contributed by atoms with van der Waals surface area (Å²) in [6, 6.07) is 15.6. The molecule has 0 N–H and O–H groups in total. The Bertz CT molecular complexity index is 1850. The number of ether oxygens (including phenoxy) is 14. The quantitative estimate of drug-likeness (QED) is 0.0538. The molecule has 14 heteroatoms. The molecule has 0 spiro atoms. The molecule has 2 atom stereocenters. The summed E-state index contributed by atoms with van der Waals surface area (Å²) in [6.45, 7) is 1.58. The van der Waals surface area contributed by atoms with Crippen molar-refractivity contribution in [1.29, 1.82) is 0 Å². The number of methoxy groups -OCH3 is 12. The summed E-state index contributed by atoms with van der Waals surface area (Å²) in [7, 11) is 19.2. The molecule has 4 aromatic rings. The van der Waals surface area contributed by atoms with Crippen LogP contribution in [0.15, 0.2) is 48.5 Å². The summed E-state index contributed by atoms with van der Waals surface area (Å²) < 4.78 is 80.6. The number of hydrogen-bond donors (Lipinski definition) is 0. The monoisotopic (exact) mass is 838 g/mol. The van der Waals surface area contributed by atoms with E-state index in [1.54, 1.807) is 85.3 Å². The highest BCUT2D eigenvalue weighted by Crippen LogP contribution is 2.43. The van der Waals surface area contributed by atoms with Crippen molar-refractivity contribution in [1.82, 2.24) is 0 Å². The minimum atomic E-state index is -0.0101. The van der Waals surface area contributed by atoms with Crippen molar-refractivity contribution >= 4 is 0 Å². The minimum Gasteiger partial charge on any atom is -0.493 e. The third-order valence-corrected chi connectivity index (χ3v) is 10.3. The van der Waals surface area contributed by atoms with Gasteiger partial charge in [-0.05, 0) is 108 Å². The fourth-order valence-corrected chi connectivity index (χ4v) is 7.38. The molecule has 0 aliphatic heterocycles. The van der Waals surface area contributed by atoms with Gasteiger partial charge in [-0.3, -0.25) is 0 Å². The van der Waals surface area contributed by atoms with Gasteiger partial charge in [0.05, 0.1) is 105 Å². The first-order valence-electron chi connectivity index (χ1n) is 19.5. The van der Waals surface area contributed by atoms with Crippen molar-refractivity contribution in [3.8, 4) is 69.0 Å². The van der Waals surface area contributed by atoms with Gasteiger partial charge >= 0.3 is 0 Å². The number of benzene rings is 4. The van der Waals surface area contributed by atoms with Crippen molar-refractivity contribution in [2.45, 2.75) is 38.9 Å². The Morgan fingerprint density at radius 1 is 0.333 bits per heavy atom. The van der Waals surface area contributed by atoms with E-state index >= 15 is 0 Å². The Morgan fingerprint density at radius 2 is 0.617 bits per heavy atom. The summed E-state index contributed by atoms with van der Waals surface area (Å²) in [5, 5.41) is 0. The van der Waals surface area contributed by atoms with Gasteiger partial charge in [-0.15, -0.1) is 0 Å². The van der Waals surface area contributed by atoms with Gasteiger partial charge in [-0.25, -0.2) is 0 Å². The van der Waals surface area contributed by atoms with Crippen LogP contribution >= 0.6 is 0 Å². The molecule has 0 aliphatic rings. The zero-order valence-electron chi connectivity index (χ0n) is 37.1. The Balaban J connectivity index is 1.70. The van der Waals surface area contributed by atoms with Crippen LogP contribution in [0, 0.1) is 11.8 Å². The summed E-state index contributed by atoms with van der Waals surface area (Å²) in [6.07, 6.45) is 2.87. The lowest BCUT2D eigenvalue weighted by Crippen LogP contribution is -2.25. The molecule has 0 bridgehead atoms. The molecule has 0 heterocycles. The summed E-state index contributed by atoms with van der Waals surface area (Å²) in [5.74, 6) is 6.73. The molecule has 0 aliphatic carbocycles. The van der Waals surface area contributed by atoms with Gasteiger partial charge in [-0.1, -0.05) is 0 Å². The van der Waals surface area contributed by atoms with E-state index in [-0.39, 0.29) is 11.8 Å². The lowest BCUT2D eigenvalue weighted by Gasteiger charge is -2.29. The summed E-state index contributed by atoms with van der Waals surface area (Å²) in [5.41, 5.74) is 3.79. The van der Waals surface area contributed by atoms with Crippen LogP contribution in [0.25, 0.3) is 0 Å². The number of rotatable bonds is 27. The van der Waals surface area contributed by atoms with E-state index in [0.717, 1.165) is 35.1 Å². The van der Waals surface area contributed by atoms with Crippen molar-refractivity contribution in [2.24, 2.45) is 11.8 Å². The topological polar surface area (TPSA) is 129 Å². The Labute approximate surface area is 354 Å². The van der Waals surface area contributed by atoms with E-state index in [0.29, 0.717) is 108 Å². The number of hydrogen-bond acceptors (Lipinski definition) is 14. The van der Waals surface area contributed by atoms with Crippen LogP contribution in [0.3, 0.4) is 0 Å². The predicted octanol–water partition coefficient (Wildman–Crippen LogP) is 8.02. The average molecular weight is 839 g/mol. The summed E-state index contributed by atoms with van der Waals surface area (Å²) >= 11 is 0. The van der Waals surface area contributed by atoms with Crippen molar-refractivity contribution in [3.63, 3.8) is 0 Å². The molecular formula is C46H62O14. The molecule has 60 heavy (non-hydrogen) atoms. The van der Waals surface area contributed by atoms with Gasteiger partial charge in [0.2, 0.25) is 23.0 Å². The van der Waals surface area contributed by atoms with Gasteiger partial charge in [0.1, 0.15) is 0 Å². The van der Waals surface area contributed by atoms with Gasteiger partial charge in [0.15, 0.2) is 46.0 Å². The van der Waals surface area contributed by atoms with Gasteiger partial charge in [-0.2, -0.15) is 0 Å². The molecule has 0 aromatic heterocycles. The lowest BCUT2D eigenvalue weighted by molar-refractivity contribution is 0.0578. The normalized spacial score (nSPS) is 11.9. The maximum absolute atomic E-state index is 6.60. The maximum Gasteiger partial charge on any atom is 0.203 e. The fraction of sp³-hybridized carbons (Fsp3) is 0.478. The van der Waals surface area contributed by atoms with Gasteiger partial charge in [0.25, 0.3) is 0 Å². The molecule has 0 unspecified atom stereocenters. The summed E-state index contributed by atoms with van der Waals surface area (Å²) in [4.78, 5) is 0. The molecular weight excluding hydrogens is 776 g/mol. The van der Waals surface area contributed by atoms with E-state index < -0.39 is 0 Å². The van der Waals surface area contributed by atoms with Crippen LogP contribution in [0.5, 0.6) is 69.0 Å². The molecule has 4 rings (SSSR count). The molecule has 4 aromatic carbocycles. The first-order chi connectivity index (χ1) is 29.2. The van der Waals surface area contributed by atoms with E-state index in [4.69, 9.17) is 66.3 Å². The van der Waals surface area contributed by atoms with Crippen molar-refractivity contribution in [2.75, 3.05) is 98.5 Å². The SMILES string of the molecule is COc1cc(COCCC[C@@H](Cc2cc(OC)c(OC)c(OC)c2)[C@@H](COCc2cc(OC)c(OC)c(OC)c2)Cc2cc(OC)c(OC)c(OC)c2)cc(OC)c1OC. The van der Waals surface area contributed by atoms with E-state index in [1.807, 2.05) is 48.5 Å². The standard InChI is InChI=1S/C46H62O14/c1-47-35-18-29(19-36(48-2)43(35)55-9)16-33(14-13-15-59-26-31-22-39(51-5)45(57-11)40(23-31)52-6)34(17-30-20-37(49-3)44(56-10)38(21-30)50-4)28-60-27-32-24-41(53-7)46(58-12)42(25-32)54-8/h18-25,33-34H,13-17,26-28H2,1-12H3/t33-,34+/m0/s1. The van der Waals surface area contributed by atoms with Gasteiger partial charge in [0, 0.05) is 6.61 Å². The van der Waals surface area contributed by atoms with E-state index in [9.17, 15) is 0 Å². The van der Waals surface area contributed by atoms with Crippen LogP contribution < -0.4 is 56.8 Å². The fourth-order valence-electron chi connectivity index (χ4n) is 7.38. The van der Waals surface area contributed by atoms with Crippen molar-refractivity contribution in [3.05, 3.63) is 70.8 Å². The highest BCUT2D eigenvalue weighted by Gasteiger charge is 2.27. The second-order valence-corrected chi connectivity index (χ2v) is 13.8. The second kappa shape index (κ2) is 23.9. The molecule has 14 nitrogen and oxygen atoms in total. The first kappa shape index (κ1) is 47.1. The predicted molar refractivity (Wildman–Crippen MR) is 227 cm³/mol. The zero-order chi connectivity index (χ0) is 43.6. The van der Waals surface area contributed by atoms with Crippen LogP contribution in [0.4, 0.5) is 0 Å². The smallest absolute Gasteiger partial charge is 0.203 e. The Morgan fingerprint density at radius 3 is 0.917 bits per heavy atom. The van der Waals surface area contributed by atoms with Crippen LogP contribution in [-0.2, 0) is 35.5 Å². The molecule has 0 saturated carbocycles. The van der Waals surface area contributed by atoms with E-state index in [1.165, 1.54) is 0 Å². The van der Waals surface area contributed by atoms with Crippen molar-refractivity contribution < 1.29 is 66.3 Å². The second-order valence-electron chi connectivity index (χ2n) is 13.8. The lowest BCUT2D eigenvalue weighted by atomic mass is 9.80. The zero-order valence-corrected chi connectivity index (χ0v) is 37.1. The molecule has 0 fully saturated rings. The largest absolute Gasteiger partial charge is 0.493 e. The Kier molecular flexibility index (Phi) is 18.7. The minimum absolute atomic E-state index is 0.0101. The van der Waals surface area contributed by atoms with Crippen LogP contribution in [-0.4, -0.2) is 98.5 Å². The highest BCUT2D eigenvalue weighted by molar-refractivity contribution is 5.56. The molecule has 0 radical (unpaired) electrons.